The van der Waals surface area contributed by atoms with Crippen molar-refractivity contribution in [3.05, 3.63) is 47.8 Å². The standard InChI is InChI=1S/C15H15FN2O2/c1-19-10-4-6-14(20-2)11(8-10)15-17-12-5-3-9(16)7-13(12)18-15/h3-8,15,17-18H,1-2H3/t15-/m0/s1. The molecule has 0 unspecified atom stereocenters. The molecule has 0 amide bonds. The van der Waals surface area contributed by atoms with Crippen LogP contribution in [-0.4, -0.2) is 14.2 Å². The molecule has 104 valence electrons. The van der Waals surface area contributed by atoms with E-state index in [2.05, 4.69) is 10.6 Å². The van der Waals surface area contributed by atoms with Gasteiger partial charge in [0, 0.05) is 5.56 Å². The Labute approximate surface area is 116 Å². The van der Waals surface area contributed by atoms with Crippen molar-refractivity contribution < 1.29 is 13.9 Å². The van der Waals surface area contributed by atoms with E-state index in [-0.39, 0.29) is 12.0 Å². The topological polar surface area (TPSA) is 42.5 Å². The molecule has 3 rings (SSSR count). The Balaban J connectivity index is 1.95. The minimum Gasteiger partial charge on any atom is -0.497 e. The van der Waals surface area contributed by atoms with E-state index in [1.165, 1.54) is 12.1 Å². The summed E-state index contributed by atoms with van der Waals surface area (Å²) in [5.74, 6) is 1.21. The zero-order valence-corrected chi connectivity index (χ0v) is 11.2. The number of hydrogen-bond acceptors (Lipinski definition) is 4. The van der Waals surface area contributed by atoms with Crippen molar-refractivity contribution in [1.82, 2.24) is 0 Å². The molecule has 1 atom stereocenters. The Morgan fingerprint density at radius 2 is 1.75 bits per heavy atom. The molecule has 2 aromatic rings. The van der Waals surface area contributed by atoms with Crippen molar-refractivity contribution in [2.24, 2.45) is 0 Å². The fraction of sp³-hybridized carbons (Fsp3) is 0.200. The van der Waals surface area contributed by atoms with Gasteiger partial charge >= 0.3 is 0 Å². The first-order valence-electron chi connectivity index (χ1n) is 6.26. The van der Waals surface area contributed by atoms with Crippen LogP contribution in [0.25, 0.3) is 0 Å². The van der Waals surface area contributed by atoms with Crippen molar-refractivity contribution in [2.75, 3.05) is 24.9 Å². The van der Waals surface area contributed by atoms with E-state index < -0.39 is 0 Å². The number of ether oxygens (including phenoxy) is 2. The highest BCUT2D eigenvalue weighted by atomic mass is 19.1. The fourth-order valence-electron chi connectivity index (χ4n) is 2.33. The van der Waals surface area contributed by atoms with Gasteiger partial charge in [-0.05, 0) is 36.4 Å². The van der Waals surface area contributed by atoms with Crippen molar-refractivity contribution in [3.8, 4) is 11.5 Å². The fourth-order valence-corrected chi connectivity index (χ4v) is 2.33. The lowest BCUT2D eigenvalue weighted by Crippen LogP contribution is -2.13. The van der Waals surface area contributed by atoms with Crippen molar-refractivity contribution in [1.29, 1.82) is 0 Å². The zero-order valence-electron chi connectivity index (χ0n) is 11.2. The molecule has 2 aromatic carbocycles. The second-order valence-corrected chi connectivity index (χ2v) is 4.52. The molecule has 5 heteroatoms. The van der Waals surface area contributed by atoms with Gasteiger partial charge in [0.2, 0.25) is 0 Å². The number of methoxy groups -OCH3 is 2. The first-order chi connectivity index (χ1) is 9.71. The van der Waals surface area contributed by atoms with Gasteiger partial charge in [0.15, 0.2) is 0 Å². The second kappa shape index (κ2) is 4.92. The van der Waals surface area contributed by atoms with Gasteiger partial charge in [-0.3, -0.25) is 0 Å². The lowest BCUT2D eigenvalue weighted by molar-refractivity contribution is 0.397. The van der Waals surface area contributed by atoms with Crippen LogP contribution >= 0.6 is 0 Å². The Hall–Kier alpha value is -2.43. The molecule has 20 heavy (non-hydrogen) atoms. The summed E-state index contributed by atoms with van der Waals surface area (Å²) in [6, 6.07) is 10.2. The summed E-state index contributed by atoms with van der Waals surface area (Å²) in [6.07, 6.45) is -0.183. The summed E-state index contributed by atoms with van der Waals surface area (Å²) in [5.41, 5.74) is 2.50. The maximum absolute atomic E-state index is 13.2. The second-order valence-electron chi connectivity index (χ2n) is 4.52. The molecule has 0 spiro atoms. The first-order valence-corrected chi connectivity index (χ1v) is 6.26. The number of halogens is 1. The summed E-state index contributed by atoms with van der Waals surface area (Å²) >= 11 is 0. The third-order valence-corrected chi connectivity index (χ3v) is 3.33. The maximum atomic E-state index is 13.2. The Morgan fingerprint density at radius 1 is 0.950 bits per heavy atom. The van der Waals surface area contributed by atoms with E-state index in [1.807, 2.05) is 18.2 Å². The van der Waals surface area contributed by atoms with Gasteiger partial charge in [-0.2, -0.15) is 0 Å². The number of hydrogen-bond donors (Lipinski definition) is 2. The molecule has 0 radical (unpaired) electrons. The molecule has 0 saturated heterocycles. The lowest BCUT2D eigenvalue weighted by Gasteiger charge is -2.17. The highest BCUT2D eigenvalue weighted by molar-refractivity contribution is 5.75. The summed E-state index contributed by atoms with van der Waals surface area (Å²) in [4.78, 5) is 0. The average molecular weight is 274 g/mol. The highest BCUT2D eigenvalue weighted by Gasteiger charge is 2.24. The van der Waals surface area contributed by atoms with Gasteiger partial charge in [0.25, 0.3) is 0 Å². The van der Waals surface area contributed by atoms with Crippen molar-refractivity contribution in [3.63, 3.8) is 0 Å². The van der Waals surface area contributed by atoms with Gasteiger partial charge in [-0.25, -0.2) is 4.39 Å². The largest absolute Gasteiger partial charge is 0.497 e. The smallest absolute Gasteiger partial charge is 0.127 e. The van der Waals surface area contributed by atoms with Crippen LogP contribution in [0.4, 0.5) is 15.8 Å². The van der Waals surface area contributed by atoms with Crippen LogP contribution in [0, 0.1) is 5.82 Å². The van der Waals surface area contributed by atoms with E-state index >= 15 is 0 Å². The average Bonchev–Trinajstić information content (AvgIpc) is 2.89. The minimum absolute atomic E-state index is 0.183. The number of anilines is 2. The molecule has 1 heterocycles. The van der Waals surface area contributed by atoms with Crippen LogP contribution in [-0.2, 0) is 0 Å². The van der Waals surface area contributed by atoms with Crippen molar-refractivity contribution >= 4 is 11.4 Å². The minimum atomic E-state index is -0.267. The van der Waals surface area contributed by atoms with E-state index in [0.717, 1.165) is 28.4 Å². The number of benzene rings is 2. The zero-order chi connectivity index (χ0) is 14.1. The maximum Gasteiger partial charge on any atom is 0.127 e. The van der Waals surface area contributed by atoms with Crippen LogP contribution in [0.15, 0.2) is 36.4 Å². The van der Waals surface area contributed by atoms with Crippen LogP contribution in [0.5, 0.6) is 11.5 Å². The number of rotatable bonds is 3. The summed E-state index contributed by atoms with van der Waals surface area (Å²) in [7, 11) is 3.23. The molecular weight excluding hydrogens is 259 g/mol. The van der Waals surface area contributed by atoms with Crippen LogP contribution in [0.1, 0.15) is 11.7 Å². The highest BCUT2D eigenvalue weighted by Crippen LogP contribution is 2.39. The Morgan fingerprint density at radius 3 is 2.50 bits per heavy atom. The van der Waals surface area contributed by atoms with Gasteiger partial charge in [0.05, 0.1) is 25.6 Å². The van der Waals surface area contributed by atoms with E-state index in [4.69, 9.17) is 9.47 Å². The predicted molar refractivity (Wildman–Crippen MR) is 75.9 cm³/mol. The van der Waals surface area contributed by atoms with E-state index in [1.54, 1.807) is 20.3 Å². The third-order valence-electron chi connectivity index (χ3n) is 3.33. The molecule has 0 bridgehead atoms. The van der Waals surface area contributed by atoms with Crippen LogP contribution in [0.3, 0.4) is 0 Å². The summed E-state index contributed by atoms with van der Waals surface area (Å²) in [5, 5.41) is 6.52. The molecule has 0 fully saturated rings. The molecular formula is C15H15FN2O2. The summed E-state index contributed by atoms with van der Waals surface area (Å²) in [6.45, 7) is 0. The Bertz CT molecular complexity index is 646. The van der Waals surface area contributed by atoms with E-state index in [9.17, 15) is 4.39 Å². The van der Waals surface area contributed by atoms with Gasteiger partial charge in [-0.1, -0.05) is 0 Å². The molecule has 0 saturated carbocycles. The number of fused-ring (bicyclic) bond motifs is 1. The number of nitrogens with one attached hydrogen (secondary N) is 2. The van der Waals surface area contributed by atoms with Crippen molar-refractivity contribution in [2.45, 2.75) is 6.17 Å². The van der Waals surface area contributed by atoms with E-state index in [0.29, 0.717) is 0 Å². The van der Waals surface area contributed by atoms with Gasteiger partial charge in [0.1, 0.15) is 23.5 Å². The normalized spacial score (nSPS) is 16.1. The Kier molecular flexibility index (Phi) is 3.10. The van der Waals surface area contributed by atoms with Crippen LogP contribution < -0.4 is 20.1 Å². The van der Waals surface area contributed by atoms with Crippen LogP contribution in [0.2, 0.25) is 0 Å². The predicted octanol–water partition coefficient (Wildman–Crippen LogP) is 3.38. The lowest BCUT2D eigenvalue weighted by atomic mass is 10.1. The molecule has 1 aliphatic heterocycles. The van der Waals surface area contributed by atoms with Gasteiger partial charge in [-0.15, -0.1) is 0 Å². The molecule has 1 aliphatic rings. The van der Waals surface area contributed by atoms with Gasteiger partial charge < -0.3 is 20.1 Å². The third kappa shape index (κ3) is 2.11. The molecule has 2 N–H and O–H groups in total. The summed E-state index contributed by atoms with van der Waals surface area (Å²) < 4.78 is 23.9. The molecule has 0 aliphatic carbocycles. The quantitative estimate of drug-likeness (QED) is 0.900. The molecule has 4 nitrogen and oxygen atoms in total. The first kappa shape index (κ1) is 12.6. The SMILES string of the molecule is COc1ccc(OC)c([C@H]2Nc3ccc(F)cc3N2)c1. The molecule has 0 aromatic heterocycles. The monoisotopic (exact) mass is 274 g/mol.